The Hall–Kier alpha value is -3.02. The van der Waals surface area contributed by atoms with Crippen LogP contribution in [0.4, 0.5) is 10.2 Å². The molecule has 0 fully saturated rings. The topological polar surface area (TPSA) is 79.3 Å². The van der Waals surface area contributed by atoms with Crippen LogP contribution in [0.2, 0.25) is 0 Å². The van der Waals surface area contributed by atoms with Gasteiger partial charge >= 0.3 is 5.97 Å². The summed E-state index contributed by atoms with van der Waals surface area (Å²) in [6.45, 7) is 0. The number of halogens is 1. The molecule has 1 heterocycles. The number of hydrogen-bond acceptors (Lipinski definition) is 3. The summed E-state index contributed by atoms with van der Waals surface area (Å²) < 4.78 is 13.4. The number of nitrogens with zero attached hydrogens (tertiary/aromatic N) is 1. The molecule has 1 aromatic heterocycles. The number of aromatic carboxylic acids is 1. The van der Waals surface area contributed by atoms with Gasteiger partial charge in [-0.05, 0) is 24.3 Å². The van der Waals surface area contributed by atoms with E-state index in [1.54, 1.807) is 12.1 Å². The van der Waals surface area contributed by atoms with E-state index in [-0.39, 0.29) is 16.9 Å². The van der Waals surface area contributed by atoms with Gasteiger partial charge < -0.3 is 10.4 Å². The zero-order valence-electron chi connectivity index (χ0n) is 10.8. The third-order valence-corrected chi connectivity index (χ3v) is 2.60. The molecule has 0 saturated heterocycles. The van der Waals surface area contributed by atoms with E-state index in [9.17, 15) is 14.0 Å². The lowest BCUT2D eigenvalue weighted by atomic mass is 10.2. The number of aromatic nitrogens is 1. The number of anilines is 1. The van der Waals surface area contributed by atoms with Gasteiger partial charge in [0.2, 0.25) is 5.91 Å². The minimum absolute atomic E-state index is 0.0619. The second-order valence-electron chi connectivity index (χ2n) is 4.05. The van der Waals surface area contributed by atoms with E-state index in [0.29, 0.717) is 0 Å². The molecule has 1 amide bonds. The number of pyridine rings is 1. The normalized spacial score (nSPS) is 10.5. The molecule has 21 heavy (non-hydrogen) atoms. The third-order valence-electron chi connectivity index (χ3n) is 2.60. The van der Waals surface area contributed by atoms with E-state index < -0.39 is 17.7 Å². The van der Waals surface area contributed by atoms with Crippen LogP contribution in [0.15, 0.2) is 48.7 Å². The smallest absolute Gasteiger partial charge is 0.339 e. The first-order valence-electron chi connectivity index (χ1n) is 6.00. The molecule has 1 aromatic carbocycles. The number of carbonyl (C=O) groups excluding carboxylic acids is 1. The van der Waals surface area contributed by atoms with Crippen molar-refractivity contribution in [2.24, 2.45) is 0 Å². The molecule has 2 N–H and O–H groups in total. The van der Waals surface area contributed by atoms with Crippen molar-refractivity contribution in [3.05, 3.63) is 65.6 Å². The van der Waals surface area contributed by atoms with E-state index in [1.807, 2.05) is 0 Å². The molecular formula is C15H11FN2O3. The molecule has 6 heteroatoms. The quantitative estimate of drug-likeness (QED) is 0.847. The van der Waals surface area contributed by atoms with Gasteiger partial charge in [0.25, 0.3) is 0 Å². The summed E-state index contributed by atoms with van der Waals surface area (Å²) in [6.07, 6.45) is 3.77. The van der Waals surface area contributed by atoms with Crippen LogP contribution in [0.3, 0.4) is 0 Å². The number of amides is 1. The van der Waals surface area contributed by atoms with Crippen molar-refractivity contribution < 1.29 is 19.1 Å². The maximum Gasteiger partial charge on any atom is 0.339 e. The van der Waals surface area contributed by atoms with Crippen molar-refractivity contribution in [2.45, 2.75) is 0 Å². The number of rotatable bonds is 4. The van der Waals surface area contributed by atoms with Gasteiger partial charge in [-0.1, -0.05) is 18.2 Å². The first kappa shape index (κ1) is 14.4. The molecule has 0 bridgehead atoms. The SMILES string of the molecule is O=C(C=Cc1ccccc1F)Nc1ncccc1C(=O)O. The summed E-state index contributed by atoms with van der Waals surface area (Å²) in [7, 11) is 0. The molecule has 0 atom stereocenters. The largest absolute Gasteiger partial charge is 0.478 e. The molecule has 2 aromatic rings. The second-order valence-corrected chi connectivity index (χ2v) is 4.05. The standard InChI is InChI=1S/C15H11FN2O3/c16-12-6-2-1-4-10(12)7-8-13(19)18-14-11(15(20)21)5-3-9-17-14/h1-9H,(H,20,21)(H,17,18,19). The highest BCUT2D eigenvalue weighted by molar-refractivity contribution is 6.05. The van der Waals surface area contributed by atoms with Crippen LogP contribution in [0, 0.1) is 5.82 Å². The van der Waals surface area contributed by atoms with Crippen molar-refractivity contribution in [1.82, 2.24) is 4.98 Å². The zero-order chi connectivity index (χ0) is 15.2. The molecule has 0 unspecified atom stereocenters. The van der Waals surface area contributed by atoms with E-state index in [1.165, 1.54) is 36.5 Å². The number of nitrogens with one attached hydrogen (secondary N) is 1. The number of carboxylic acid groups (broad SMARTS) is 1. The Morgan fingerprint density at radius 3 is 2.67 bits per heavy atom. The van der Waals surface area contributed by atoms with Crippen LogP contribution in [0.5, 0.6) is 0 Å². The van der Waals surface area contributed by atoms with E-state index in [0.717, 1.165) is 6.08 Å². The highest BCUT2D eigenvalue weighted by Gasteiger charge is 2.11. The number of carboxylic acids is 1. The van der Waals surface area contributed by atoms with Gasteiger partial charge in [-0.25, -0.2) is 14.2 Å². The molecule has 0 spiro atoms. The first-order chi connectivity index (χ1) is 10.1. The maximum atomic E-state index is 13.4. The van der Waals surface area contributed by atoms with Crippen LogP contribution in [0.25, 0.3) is 6.08 Å². The fraction of sp³-hybridized carbons (Fsp3) is 0. The van der Waals surface area contributed by atoms with Crippen LogP contribution < -0.4 is 5.32 Å². The Morgan fingerprint density at radius 2 is 1.95 bits per heavy atom. The lowest BCUT2D eigenvalue weighted by Crippen LogP contribution is -2.13. The van der Waals surface area contributed by atoms with Gasteiger partial charge in [-0.2, -0.15) is 0 Å². The van der Waals surface area contributed by atoms with Gasteiger partial charge in [-0.15, -0.1) is 0 Å². The molecule has 0 aliphatic rings. The van der Waals surface area contributed by atoms with Crippen molar-refractivity contribution in [3.63, 3.8) is 0 Å². The minimum Gasteiger partial charge on any atom is -0.478 e. The summed E-state index contributed by atoms with van der Waals surface area (Å²) in [5.74, 6) is -2.31. The zero-order valence-corrected chi connectivity index (χ0v) is 10.8. The van der Waals surface area contributed by atoms with E-state index in [4.69, 9.17) is 5.11 Å². The molecule has 2 rings (SSSR count). The fourth-order valence-corrected chi connectivity index (χ4v) is 1.61. The summed E-state index contributed by atoms with van der Waals surface area (Å²) in [5, 5.41) is 11.3. The Bertz CT molecular complexity index is 714. The van der Waals surface area contributed by atoms with Gasteiger partial charge in [0, 0.05) is 17.8 Å². The van der Waals surface area contributed by atoms with Crippen molar-refractivity contribution in [2.75, 3.05) is 5.32 Å². The Morgan fingerprint density at radius 1 is 1.19 bits per heavy atom. The maximum absolute atomic E-state index is 13.4. The Labute approximate surface area is 119 Å². The molecule has 0 radical (unpaired) electrons. The van der Waals surface area contributed by atoms with Crippen molar-refractivity contribution in [3.8, 4) is 0 Å². The minimum atomic E-state index is -1.20. The summed E-state index contributed by atoms with van der Waals surface area (Å²) in [4.78, 5) is 26.5. The fourth-order valence-electron chi connectivity index (χ4n) is 1.61. The summed E-state index contributed by atoms with van der Waals surface area (Å²) in [5.41, 5.74) is 0.136. The molecule has 0 aliphatic carbocycles. The summed E-state index contributed by atoms with van der Waals surface area (Å²) >= 11 is 0. The van der Waals surface area contributed by atoms with Crippen molar-refractivity contribution >= 4 is 23.8 Å². The second kappa shape index (κ2) is 6.42. The number of carbonyl (C=O) groups is 2. The average molecular weight is 286 g/mol. The highest BCUT2D eigenvalue weighted by atomic mass is 19.1. The summed E-state index contributed by atoms with van der Waals surface area (Å²) in [6, 6.07) is 8.75. The van der Waals surface area contributed by atoms with Crippen LogP contribution >= 0.6 is 0 Å². The molecule has 0 saturated carbocycles. The lowest BCUT2D eigenvalue weighted by Gasteiger charge is -2.04. The predicted molar refractivity (Wildman–Crippen MR) is 75.3 cm³/mol. The highest BCUT2D eigenvalue weighted by Crippen LogP contribution is 2.12. The first-order valence-corrected chi connectivity index (χ1v) is 6.00. The van der Waals surface area contributed by atoms with Crippen molar-refractivity contribution in [1.29, 1.82) is 0 Å². The van der Waals surface area contributed by atoms with Gasteiger partial charge in [0.15, 0.2) is 0 Å². The lowest BCUT2D eigenvalue weighted by molar-refractivity contribution is -0.111. The van der Waals surface area contributed by atoms with Crippen LogP contribution in [-0.2, 0) is 4.79 Å². The van der Waals surface area contributed by atoms with Gasteiger partial charge in [0.05, 0.1) is 0 Å². The molecule has 5 nitrogen and oxygen atoms in total. The predicted octanol–water partition coefficient (Wildman–Crippen LogP) is 2.57. The molecule has 0 aliphatic heterocycles. The molecular weight excluding hydrogens is 275 g/mol. The Kier molecular flexibility index (Phi) is 4.40. The van der Waals surface area contributed by atoms with Crippen LogP contribution in [0.1, 0.15) is 15.9 Å². The van der Waals surface area contributed by atoms with Crippen LogP contribution in [-0.4, -0.2) is 22.0 Å². The molecule has 106 valence electrons. The van der Waals surface area contributed by atoms with E-state index in [2.05, 4.69) is 10.3 Å². The number of benzene rings is 1. The average Bonchev–Trinajstić information content (AvgIpc) is 2.47. The third kappa shape index (κ3) is 3.73. The van der Waals surface area contributed by atoms with Gasteiger partial charge in [0.1, 0.15) is 17.2 Å². The Balaban J connectivity index is 2.13. The monoisotopic (exact) mass is 286 g/mol. The van der Waals surface area contributed by atoms with Gasteiger partial charge in [-0.3, -0.25) is 4.79 Å². The number of hydrogen-bond donors (Lipinski definition) is 2. The van der Waals surface area contributed by atoms with E-state index >= 15 is 0 Å².